The summed E-state index contributed by atoms with van der Waals surface area (Å²) in [4.78, 5) is 13.7. The fourth-order valence-electron chi connectivity index (χ4n) is 1.20. The molecule has 0 heterocycles. The van der Waals surface area contributed by atoms with Crippen molar-refractivity contribution in [3.8, 4) is 0 Å². The molecule has 80 valence electrons. The van der Waals surface area contributed by atoms with Gasteiger partial charge in [0.15, 0.2) is 0 Å². The Morgan fingerprint density at radius 3 is 2.71 bits per heavy atom. The molecule has 5 heteroatoms. The van der Waals surface area contributed by atoms with Gasteiger partial charge in [-0.2, -0.15) is 0 Å². The van der Waals surface area contributed by atoms with E-state index in [1.165, 1.54) is 0 Å². The van der Waals surface area contributed by atoms with Gasteiger partial charge >= 0.3 is 6.03 Å². The fourth-order valence-corrected chi connectivity index (χ4v) is 1.36. The normalized spacial score (nSPS) is 14.9. The van der Waals surface area contributed by atoms with Crippen LogP contribution in [-0.2, 0) is 0 Å². The van der Waals surface area contributed by atoms with Gasteiger partial charge in [0.1, 0.15) is 0 Å². The first-order chi connectivity index (χ1) is 6.63. The highest BCUT2D eigenvalue weighted by atomic mass is 32.1. The molecule has 0 radical (unpaired) electrons. The molecule has 1 rings (SSSR count). The van der Waals surface area contributed by atoms with E-state index in [4.69, 9.17) is 18.0 Å². The van der Waals surface area contributed by atoms with E-state index in [0.717, 1.165) is 19.3 Å². The SMILES string of the molecule is CCCN(CC(N)=S)C(=O)NC1CC1. The minimum Gasteiger partial charge on any atom is -0.392 e. The van der Waals surface area contributed by atoms with Gasteiger partial charge in [-0.05, 0) is 19.3 Å². The number of thiocarbonyl (C=S) groups is 1. The number of amides is 2. The quantitative estimate of drug-likeness (QED) is 0.669. The summed E-state index contributed by atoms with van der Waals surface area (Å²) in [7, 11) is 0. The van der Waals surface area contributed by atoms with Gasteiger partial charge < -0.3 is 16.0 Å². The van der Waals surface area contributed by atoms with Crippen molar-refractivity contribution in [2.45, 2.75) is 32.2 Å². The predicted molar refractivity (Wildman–Crippen MR) is 60.2 cm³/mol. The topological polar surface area (TPSA) is 58.4 Å². The van der Waals surface area contributed by atoms with E-state index in [1.807, 2.05) is 6.92 Å². The molecule has 0 atom stereocenters. The van der Waals surface area contributed by atoms with E-state index in [0.29, 0.717) is 24.1 Å². The van der Waals surface area contributed by atoms with Crippen molar-refractivity contribution in [1.82, 2.24) is 10.2 Å². The summed E-state index contributed by atoms with van der Waals surface area (Å²) in [6.45, 7) is 3.11. The van der Waals surface area contributed by atoms with Crippen LogP contribution in [0, 0.1) is 0 Å². The third kappa shape index (κ3) is 3.91. The number of nitrogens with two attached hydrogens (primary N) is 1. The maximum Gasteiger partial charge on any atom is 0.317 e. The van der Waals surface area contributed by atoms with E-state index >= 15 is 0 Å². The van der Waals surface area contributed by atoms with Crippen molar-refractivity contribution in [3.63, 3.8) is 0 Å². The van der Waals surface area contributed by atoms with Gasteiger partial charge in [-0.25, -0.2) is 4.79 Å². The van der Waals surface area contributed by atoms with Crippen molar-refractivity contribution in [2.24, 2.45) is 5.73 Å². The van der Waals surface area contributed by atoms with Gasteiger partial charge in [-0.1, -0.05) is 19.1 Å². The summed E-state index contributed by atoms with van der Waals surface area (Å²) in [6.07, 6.45) is 3.11. The van der Waals surface area contributed by atoms with Crippen LogP contribution in [-0.4, -0.2) is 35.1 Å². The summed E-state index contributed by atoms with van der Waals surface area (Å²) in [5, 5.41) is 2.92. The number of hydrogen-bond donors (Lipinski definition) is 2. The molecule has 0 aliphatic heterocycles. The summed E-state index contributed by atoms with van der Waals surface area (Å²) in [6, 6.07) is 0.343. The van der Waals surface area contributed by atoms with E-state index in [2.05, 4.69) is 5.32 Å². The maximum atomic E-state index is 11.6. The summed E-state index contributed by atoms with van der Waals surface area (Å²) < 4.78 is 0. The van der Waals surface area contributed by atoms with E-state index in [9.17, 15) is 4.79 Å². The minimum atomic E-state index is -0.0397. The molecule has 1 aliphatic carbocycles. The van der Waals surface area contributed by atoms with Gasteiger partial charge in [0.2, 0.25) is 0 Å². The highest BCUT2D eigenvalue weighted by Gasteiger charge is 2.25. The fraction of sp³-hybridized carbons (Fsp3) is 0.778. The highest BCUT2D eigenvalue weighted by molar-refractivity contribution is 7.80. The number of rotatable bonds is 5. The van der Waals surface area contributed by atoms with E-state index in [-0.39, 0.29) is 6.03 Å². The number of carbonyl (C=O) groups excluding carboxylic acids is 1. The average Bonchev–Trinajstić information content (AvgIpc) is 2.86. The van der Waals surface area contributed by atoms with Gasteiger partial charge in [0, 0.05) is 12.6 Å². The molecule has 0 aromatic heterocycles. The predicted octanol–water partition coefficient (Wildman–Crippen LogP) is 0.857. The molecule has 0 aromatic carbocycles. The second kappa shape index (κ2) is 5.14. The smallest absolute Gasteiger partial charge is 0.317 e. The van der Waals surface area contributed by atoms with Gasteiger partial charge in [0.25, 0.3) is 0 Å². The molecule has 14 heavy (non-hydrogen) atoms. The summed E-state index contributed by atoms with van der Waals surface area (Å²) >= 11 is 4.79. The lowest BCUT2D eigenvalue weighted by atomic mass is 10.4. The molecule has 4 nitrogen and oxygen atoms in total. The Bertz CT molecular complexity index is 228. The van der Waals surface area contributed by atoms with Gasteiger partial charge in [0.05, 0.1) is 11.5 Å². The van der Waals surface area contributed by atoms with Crippen molar-refractivity contribution < 1.29 is 4.79 Å². The third-order valence-corrected chi connectivity index (χ3v) is 2.16. The largest absolute Gasteiger partial charge is 0.392 e. The van der Waals surface area contributed by atoms with Crippen molar-refractivity contribution in [1.29, 1.82) is 0 Å². The Morgan fingerprint density at radius 2 is 2.29 bits per heavy atom. The molecule has 0 saturated heterocycles. The number of urea groups is 1. The van der Waals surface area contributed by atoms with Crippen molar-refractivity contribution in [2.75, 3.05) is 13.1 Å². The Morgan fingerprint density at radius 1 is 1.64 bits per heavy atom. The Hall–Kier alpha value is -0.840. The molecule has 0 aromatic rings. The lowest BCUT2D eigenvalue weighted by molar-refractivity contribution is 0.204. The first-order valence-corrected chi connectivity index (χ1v) is 5.38. The van der Waals surface area contributed by atoms with Crippen molar-refractivity contribution in [3.05, 3.63) is 0 Å². The van der Waals surface area contributed by atoms with Crippen LogP contribution in [0.15, 0.2) is 0 Å². The lowest BCUT2D eigenvalue weighted by Crippen LogP contribution is -2.44. The third-order valence-electron chi connectivity index (χ3n) is 2.03. The average molecular weight is 215 g/mol. The molecule has 0 spiro atoms. The number of carbonyl (C=O) groups is 1. The van der Waals surface area contributed by atoms with Crippen LogP contribution in [0.2, 0.25) is 0 Å². The van der Waals surface area contributed by atoms with E-state index < -0.39 is 0 Å². The molecule has 1 fully saturated rings. The molecular formula is C9H17N3OS. The lowest BCUT2D eigenvalue weighted by Gasteiger charge is -2.21. The number of nitrogens with zero attached hydrogens (tertiary/aromatic N) is 1. The second-order valence-corrected chi connectivity index (χ2v) is 4.14. The molecule has 1 saturated carbocycles. The maximum absolute atomic E-state index is 11.6. The zero-order chi connectivity index (χ0) is 10.6. The molecule has 2 amide bonds. The van der Waals surface area contributed by atoms with Crippen LogP contribution in [0.5, 0.6) is 0 Å². The van der Waals surface area contributed by atoms with Crippen LogP contribution < -0.4 is 11.1 Å². The van der Waals surface area contributed by atoms with Crippen LogP contribution in [0.3, 0.4) is 0 Å². The van der Waals surface area contributed by atoms with Crippen LogP contribution in [0.25, 0.3) is 0 Å². The standard InChI is InChI=1S/C9H17N3OS/c1-2-5-12(6-8(10)14)9(13)11-7-3-4-7/h7H,2-6H2,1H3,(H2,10,14)(H,11,13). The minimum absolute atomic E-state index is 0.0397. The first-order valence-electron chi connectivity index (χ1n) is 4.97. The van der Waals surface area contributed by atoms with Crippen LogP contribution >= 0.6 is 12.2 Å². The second-order valence-electron chi connectivity index (χ2n) is 3.61. The monoisotopic (exact) mass is 215 g/mol. The Balaban J connectivity index is 2.37. The molecule has 3 N–H and O–H groups in total. The Labute approximate surface area is 89.8 Å². The molecule has 1 aliphatic rings. The van der Waals surface area contributed by atoms with Gasteiger partial charge in [-0.15, -0.1) is 0 Å². The highest BCUT2D eigenvalue weighted by Crippen LogP contribution is 2.18. The molecular weight excluding hydrogens is 198 g/mol. The van der Waals surface area contributed by atoms with Crippen molar-refractivity contribution >= 4 is 23.2 Å². The molecule has 0 bridgehead atoms. The number of hydrogen-bond acceptors (Lipinski definition) is 2. The summed E-state index contributed by atoms with van der Waals surface area (Å²) in [5.74, 6) is 0. The van der Waals surface area contributed by atoms with E-state index in [1.54, 1.807) is 4.90 Å². The van der Waals surface area contributed by atoms with Gasteiger partial charge in [-0.3, -0.25) is 0 Å². The zero-order valence-electron chi connectivity index (χ0n) is 8.45. The summed E-state index contributed by atoms with van der Waals surface area (Å²) in [5.41, 5.74) is 5.42. The number of nitrogens with one attached hydrogen (secondary N) is 1. The first kappa shape index (κ1) is 11.2. The zero-order valence-corrected chi connectivity index (χ0v) is 9.27. The van der Waals surface area contributed by atoms with Crippen LogP contribution in [0.4, 0.5) is 4.79 Å². The molecule has 0 unspecified atom stereocenters. The Kier molecular flexibility index (Phi) is 4.13. The van der Waals surface area contributed by atoms with Crippen LogP contribution in [0.1, 0.15) is 26.2 Å².